The van der Waals surface area contributed by atoms with Gasteiger partial charge in [-0.15, -0.1) is 11.6 Å². The average Bonchev–Trinajstić information content (AvgIpc) is 2.48. The van der Waals surface area contributed by atoms with Crippen LogP contribution in [-0.4, -0.2) is 14.2 Å². The molecule has 2 aromatic rings. The first-order valence-electron chi connectivity index (χ1n) is 6.29. The van der Waals surface area contributed by atoms with Crippen LogP contribution in [0, 0.1) is 12.7 Å². The van der Waals surface area contributed by atoms with E-state index < -0.39 is 5.38 Å². The zero-order chi connectivity index (χ0) is 15.6. The van der Waals surface area contributed by atoms with Crippen molar-refractivity contribution in [1.82, 2.24) is 0 Å². The van der Waals surface area contributed by atoms with Crippen LogP contribution < -0.4 is 9.47 Å². The number of halogens is 3. The smallest absolute Gasteiger partial charge is 0.162 e. The molecular formula is C16H15Cl2FO2. The van der Waals surface area contributed by atoms with Crippen molar-refractivity contribution in [3.05, 3.63) is 57.9 Å². The van der Waals surface area contributed by atoms with Gasteiger partial charge in [-0.1, -0.05) is 29.3 Å². The first-order valence-corrected chi connectivity index (χ1v) is 7.11. The third-order valence-electron chi connectivity index (χ3n) is 3.20. The Labute approximate surface area is 133 Å². The van der Waals surface area contributed by atoms with Gasteiger partial charge in [0.15, 0.2) is 11.5 Å². The van der Waals surface area contributed by atoms with E-state index in [9.17, 15) is 4.39 Å². The van der Waals surface area contributed by atoms with Crippen LogP contribution in [0.2, 0.25) is 5.02 Å². The van der Waals surface area contributed by atoms with Crippen molar-refractivity contribution in [1.29, 1.82) is 0 Å². The number of hydrogen-bond acceptors (Lipinski definition) is 2. The summed E-state index contributed by atoms with van der Waals surface area (Å²) in [6, 6.07) is 8.08. The molecule has 0 amide bonds. The highest BCUT2D eigenvalue weighted by molar-refractivity contribution is 6.33. The fraction of sp³-hybridized carbons (Fsp3) is 0.250. The van der Waals surface area contributed by atoms with E-state index in [4.69, 9.17) is 32.7 Å². The van der Waals surface area contributed by atoms with Crippen LogP contribution >= 0.6 is 23.2 Å². The minimum Gasteiger partial charge on any atom is -0.493 e. The second kappa shape index (κ2) is 6.54. The molecule has 0 fully saturated rings. The molecular weight excluding hydrogens is 314 g/mol. The Balaban J connectivity index is 2.52. The minimum absolute atomic E-state index is 0.369. The van der Waals surface area contributed by atoms with E-state index in [1.165, 1.54) is 20.3 Å². The number of hydrogen-bond donors (Lipinski definition) is 0. The summed E-state index contributed by atoms with van der Waals surface area (Å²) in [4.78, 5) is 0. The summed E-state index contributed by atoms with van der Waals surface area (Å²) in [7, 11) is 3.04. The Bertz CT molecular complexity index is 659. The van der Waals surface area contributed by atoms with E-state index in [1.54, 1.807) is 24.3 Å². The van der Waals surface area contributed by atoms with Gasteiger partial charge in [0.25, 0.3) is 0 Å². The number of methoxy groups -OCH3 is 2. The van der Waals surface area contributed by atoms with Gasteiger partial charge in [-0.05, 0) is 24.6 Å². The van der Waals surface area contributed by atoms with E-state index in [0.717, 1.165) is 5.56 Å². The predicted molar refractivity (Wildman–Crippen MR) is 83.4 cm³/mol. The van der Waals surface area contributed by atoms with Gasteiger partial charge in [0.2, 0.25) is 0 Å². The Hall–Kier alpha value is -1.45. The Kier molecular flexibility index (Phi) is 4.96. The van der Waals surface area contributed by atoms with Gasteiger partial charge >= 0.3 is 0 Å². The van der Waals surface area contributed by atoms with Gasteiger partial charge in [0.1, 0.15) is 5.82 Å². The van der Waals surface area contributed by atoms with E-state index in [-0.39, 0.29) is 5.82 Å². The molecule has 0 aliphatic carbocycles. The molecule has 0 N–H and O–H groups in total. The second-order valence-electron chi connectivity index (χ2n) is 4.62. The summed E-state index contributed by atoms with van der Waals surface area (Å²) in [5.74, 6) is 0.627. The molecule has 0 bridgehead atoms. The highest BCUT2D eigenvalue weighted by atomic mass is 35.5. The van der Waals surface area contributed by atoms with Crippen LogP contribution in [0.15, 0.2) is 30.3 Å². The number of benzene rings is 2. The van der Waals surface area contributed by atoms with Crippen molar-refractivity contribution in [2.75, 3.05) is 14.2 Å². The molecule has 0 heterocycles. The molecule has 2 nitrogen and oxygen atoms in total. The van der Waals surface area contributed by atoms with Crippen LogP contribution in [0.1, 0.15) is 22.1 Å². The van der Waals surface area contributed by atoms with Crippen LogP contribution in [-0.2, 0) is 0 Å². The van der Waals surface area contributed by atoms with Crippen molar-refractivity contribution in [2.45, 2.75) is 12.3 Å². The van der Waals surface area contributed by atoms with Gasteiger partial charge in [-0.25, -0.2) is 4.39 Å². The summed E-state index contributed by atoms with van der Waals surface area (Å²) in [6.45, 7) is 1.88. The fourth-order valence-corrected chi connectivity index (χ4v) is 2.76. The first-order chi connectivity index (χ1) is 9.97. The summed E-state index contributed by atoms with van der Waals surface area (Å²) >= 11 is 12.6. The van der Waals surface area contributed by atoms with Gasteiger partial charge in [-0.2, -0.15) is 0 Å². The third kappa shape index (κ3) is 3.25. The maximum Gasteiger partial charge on any atom is 0.162 e. The van der Waals surface area contributed by atoms with Crippen molar-refractivity contribution in [3.63, 3.8) is 0 Å². The van der Waals surface area contributed by atoms with Gasteiger partial charge in [0, 0.05) is 16.7 Å². The van der Waals surface area contributed by atoms with Crippen LogP contribution in [0.25, 0.3) is 0 Å². The van der Waals surface area contributed by atoms with E-state index in [0.29, 0.717) is 27.6 Å². The Morgan fingerprint density at radius 1 is 1.00 bits per heavy atom. The number of alkyl halides is 1. The molecule has 1 unspecified atom stereocenters. The van der Waals surface area contributed by atoms with Crippen LogP contribution in [0.3, 0.4) is 0 Å². The molecule has 0 radical (unpaired) electrons. The monoisotopic (exact) mass is 328 g/mol. The van der Waals surface area contributed by atoms with Crippen molar-refractivity contribution < 1.29 is 13.9 Å². The topological polar surface area (TPSA) is 18.5 Å². The molecule has 0 saturated carbocycles. The number of rotatable bonds is 4. The number of ether oxygens (including phenoxy) is 2. The lowest BCUT2D eigenvalue weighted by atomic mass is 10.0. The molecule has 0 aliphatic rings. The zero-order valence-corrected chi connectivity index (χ0v) is 13.4. The molecule has 5 heteroatoms. The summed E-state index contributed by atoms with van der Waals surface area (Å²) in [5, 5.41) is -0.314. The summed E-state index contributed by atoms with van der Waals surface area (Å²) < 4.78 is 24.4. The Morgan fingerprint density at radius 3 is 2.24 bits per heavy atom. The van der Waals surface area contributed by atoms with E-state index in [2.05, 4.69) is 0 Å². The molecule has 1 atom stereocenters. The molecule has 112 valence electrons. The largest absolute Gasteiger partial charge is 0.493 e. The van der Waals surface area contributed by atoms with Crippen LogP contribution in [0.4, 0.5) is 4.39 Å². The normalized spacial score (nSPS) is 12.1. The predicted octanol–water partition coefficient (Wildman–Crippen LogP) is 5.13. The molecule has 2 rings (SSSR count). The van der Waals surface area contributed by atoms with E-state index >= 15 is 0 Å². The first kappa shape index (κ1) is 15.9. The average molecular weight is 329 g/mol. The second-order valence-corrected chi connectivity index (χ2v) is 5.46. The van der Waals surface area contributed by atoms with E-state index in [1.807, 2.05) is 6.92 Å². The van der Waals surface area contributed by atoms with Gasteiger partial charge in [-0.3, -0.25) is 0 Å². The molecule has 2 aromatic carbocycles. The highest BCUT2D eigenvalue weighted by Gasteiger charge is 2.21. The summed E-state index contributed by atoms with van der Waals surface area (Å²) in [5.41, 5.74) is 1.87. The lowest BCUT2D eigenvalue weighted by Gasteiger charge is -2.16. The highest BCUT2D eigenvalue weighted by Crippen LogP contribution is 2.41. The van der Waals surface area contributed by atoms with Crippen molar-refractivity contribution in [3.8, 4) is 11.5 Å². The fourth-order valence-electron chi connectivity index (χ4n) is 2.09. The third-order valence-corrected chi connectivity index (χ3v) is 4.00. The van der Waals surface area contributed by atoms with Crippen molar-refractivity contribution in [2.24, 2.45) is 0 Å². The maximum atomic E-state index is 14.0. The van der Waals surface area contributed by atoms with Crippen molar-refractivity contribution >= 4 is 23.2 Å². The summed E-state index contributed by atoms with van der Waals surface area (Å²) in [6.07, 6.45) is 0. The SMILES string of the molecule is COc1cc(Cl)c(C(Cl)c2cc(C)ccc2F)cc1OC. The minimum atomic E-state index is -0.711. The molecule has 0 spiro atoms. The lowest BCUT2D eigenvalue weighted by Crippen LogP contribution is -2.00. The zero-order valence-electron chi connectivity index (χ0n) is 11.9. The number of aryl methyl sites for hydroxylation is 1. The standard InChI is InChI=1S/C16H15Cl2FO2/c1-9-4-5-13(19)11(6-9)16(18)10-7-14(20-2)15(21-3)8-12(10)17/h4-8,16H,1-3H3. The maximum absolute atomic E-state index is 14.0. The van der Waals surface area contributed by atoms with Crippen LogP contribution in [0.5, 0.6) is 11.5 Å². The molecule has 21 heavy (non-hydrogen) atoms. The molecule has 0 aliphatic heterocycles. The van der Waals surface area contributed by atoms with Gasteiger partial charge in [0.05, 0.1) is 19.6 Å². The molecule has 0 aromatic heterocycles. The lowest BCUT2D eigenvalue weighted by molar-refractivity contribution is 0.354. The molecule has 0 saturated heterocycles. The quantitative estimate of drug-likeness (QED) is 0.724. The van der Waals surface area contributed by atoms with Gasteiger partial charge < -0.3 is 9.47 Å². The Morgan fingerprint density at radius 2 is 1.62 bits per heavy atom.